The van der Waals surface area contributed by atoms with Crippen molar-refractivity contribution in [1.82, 2.24) is 20.1 Å². The van der Waals surface area contributed by atoms with Gasteiger partial charge in [0.05, 0.1) is 18.4 Å². The first kappa shape index (κ1) is 13.1. The first-order valence-corrected chi connectivity index (χ1v) is 6.11. The van der Waals surface area contributed by atoms with Gasteiger partial charge in [-0.05, 0) is 25.1 Å². The number of rotatable bonds is 5. The molecule has 0 fully saturated rings. The molecule has 6 heteroatoms. The molecule has 2 heterocycles. The topological polar surface area (TPSA) is 71.8 Å². The van der Waals surface area contributed by atoms with Crippen molar-refractivity contribution in [3.8, 4) is 0 Å². The number of aromatic nitrogens is 3. The van der Waals surface area contributed by atoms with Crippen LogP contribution in [0.4, 0.5) is 5.69 Å². The second-order valence-corrected chi connectivity index (χ2v) is 4.28. The number of pyridine rings is 1. The highest BCUT2D eigenvalue weighted by molar-refractivity contribution is 5.92. The van der Waals surface area contributed by atoms with Gasteiger partial charge in [0.15, 0.2) is 0 Å². The summed E-state index contributed by atoms with van der Waals surface area (Å²) >= 11 is 0. The molecule has 0 bridgehead atoms. The summed E-state index contributed by atoms with van der Waals surface area (Å²) in [6, 6.07) is 5.35. The summed E-state index contributed by atoms with van der Waals surface area (Å²) in [4.78, 5) is 16.1. The van der Waals surface area contributed by atoms with Crippen LogP contribution < -0.4 is 10.6 Å². The molecule has 19 heavy (non-hydrogen) atoms. The average Bonchev–Trinajstić information content (AvgIpc) is 2.91. The van der Waals surface area contributed by atoms with E-state index in [1.165, 1.54) is 0 Å². The lowest BCUT2D eigenvalue weighted by atomic mass is 10.2. The summed E-state index contributed by atoms with van der Waals surface area (Å²) in [5.41, 5.74) is 1.28. The molecule has 2 aromatic rings. The molecular weight excluding hydrogens is 242 g/mol. The molecule has 2 rings (SSSR count). The predicted molar refractivity (Wildman–Crippen MR) is 72.9 cm³/mol. The Morgan fingerprint density at radius 1 is 1.47 bits per heavy atom. The second-order valence-electron chi connectivity index (χ2n) is 4.28. The Labute approximate surface area is 111 Å². The van der Waals surface area contributed by atoms with Crippen LogP contribution in [0.15, 0.2) is 36.8 Å². The van der Waals surface area contributed by atoms with Gasteiger partial charge in [-0.3, -0.25) is 9.48 Å². The Morgan fingerprint density at radius 3 is 2.89 bits per heavy atom. The van der Waals surface area contributed by atoms with E-state index in [1.54, 1.807) is 23.1 Å². The van der Waals surface area contributed by atoms with Crippen molar-refractivity contribution in [1.29, 1.82) is 0 Å². The number of hydrogen-bond acceptors (Lipinski definition) is 4. The number of hydrogen-bond donors (Lipinski definition) is 2. The number of nitrogens with zero attached hydrogens (tertiary/aromatic N) is 3. The summed E-state index contributed by atoms with van der Waals surface area (Å²) in [5, 5.41) is 9.95. The highest BCUT2D eigenvalue weighted by Crippen LogP contribution is 2.05. The first-order valence-electron chi connectivity index (χ1n) is 6.11. The van der Waals surface area contributed by atoms with Gasteiger partial charge in [-0.1, -0.05) is 0 Å². The largest absolute Gasteiger partial charge is 0.387 e. The van der Waals surface area contributed by atoms with Crippen molar-refractivity contribution in [2.75, 3.05) is 12.4 Å². The smallest absolute Gasteiger partial charge is 0.270 e. The van der Waals surface area contributed by atoms with Crippen molar-refractivity contribution in [2.45, 2.75) is 19.5 Å². The fourth-order valence-electron chi connectivity index (χ4n) is 1.71. The molecule has 100 valence electrons. The molecule has 6 nitrogen and oxygen atoms in total. The van der Waals surface area contributed by atoms with Crippen molar-refractivity contribution < 1.29 is 4.79 Å². The summed E-state index contributed by atoms with van der Waals surface area (Å²) in [5.74, 6) is -0.178. The van der Waals surface area contributed by atoms with Crippen LogP contribution in [0.1, 0.15) is 17.4 Å². The van der Waals surface area contributed by atoms with Crippen molar-refractivity contribution in [3.05, 3.63) is 42.5 Å². The van der Waals surface area contributed by atoms with Crippen LogP contribution in [0.2, 0.25) is 0 Å². The Morgan fingerprint density at radius 2 is 2.32 bits per heavy atom. The van der Waals surface area contributed by atoms with Crippen LogP contribution in [0.3, 0.4) is 0 Å². The molecule has 0 radical (unpaired) electrons. The Kier molecular flexibility index (Phi) is 4.12. The molecule has 1 amide bonds. The number of anilines is 1. The standard InChI is InChI=1S/C13H17N5O/c1-10(9-18-7-3-6-16-18)17-13(19)12-5-4-11(14-2)8-15-12/h3-8,10,14H,9H2,1-2H3,(H,17,19). The van der Waals surface area contributed by atoms with Gasteiger partial charge in [0.25, 0.3) is 5.91 Å². The van der Waals surface area contributed by atoms with Crippen molar-refractivity contribution in [3.63, 3.8) is 0 Å². The lowest BCUT2D eigenvalue weighted by molar-refractivity contribution is 0.0931. The van der Waals surface area contributed by atoms with E-state index in [2.05, 4.69) is 20.7 Å². The number of carbonyl (C=O) groups is 1. The molecule has 0 saturated carbocycles. The van der Waals surface area contributed by atoms with Crippen LogP contribution >= 0.6 is 0 Å². The number of carbonyl (C=O) groups excluding carboxylic acids is 1. The molecule has 0 aliphatic heterocycles. The zero-order chi connectivity index (χ0) is 13.7. The third-order valence-corrected chi connectivity index (χ3v) is 2.68. The zero-order valence-corrected chi connectivity index (χ0v) is 11.0. The van der Waals surface area contributed by atoms with Gasteiger partial charge in [-0.15, -0.1) is 0 Å². The normalized spacial score (nSPS) is 11.9. The van der Waals surface area contributed by atoms with Gasteiger partial charge in [0.2, 0.25) is 0 Å². The van der Waals surface area contributed by atoms with Crippen LogP contribution in [0.25, 0.3) is 0 Å². The van der Waals surface area contributed by atoms with Crippen LogP contribution in [-0.4, -0.2) is 33.8 Å². The van der Waals surface area contributed by atoms with E-state index in [-0.39, 0.29) is 11.9 Å². The van der Waals surface area contributed by atoms with E-state index >= 15 is 0 Å². The van der Waals surface area contributed by atoms with E-state index in [0.29, 0.717) is 12.2 Å². The summed E-state index contributed by atoms with van der Waals surface area (Å²) in [7, 11) is 1.81. The zero-order valence-electron chi connectivity index (χ0n) is 11.0. The van der Waals surface area contributed by atoms with E-state index in [9.17, 15) is 4.79 Å². The lowest BCUT2D eigenvalue weighted by Gasteiger charge is -2.13. The van der Waals surface area contributed by atoms with Crippen molar-refractivity contribution >= 4 is 11.6 Å². The van der Waals surface area contributed by atoms with Gasteiger partial charge in [0.1, 0.15) is 5.69 Å². The highest BCUT2D eigenvalue weighted by atomic mass is 16.1. The molecular formula is C13H17N5O. The Balaban J connectivity index is 1.92. The Bertz CT molecular complexity index is 520. The minimum absolute atomic E-state index is 0.0156. The third-order valence-electron chi connectivity index (χ3n) is 2.68. The van der Waals surface area contributed by atoms with Crippen LogP contribution in [-0.2, 0) is 6.54 Å². The molecule has 1 atom stereocenters. The maximum atomic E-state index is 12.0. The van der Waals surface area contributed by atoms with E-state index in [4.69, 9.17) is 0 Å². The number of amides is 1. The van der Waals surface area contributed by atoms with Crippen LogP contribution in [0.5, 0.6) is 0 Å². The maximum absolute atomic E-state index is 12.0. The summed E-state index contributed by atoms with van der Waals surface area (Å²) < 4.78 is 1.78. The molecule has 2 aromatic heterocycles. The number of nitrogens with one attached hydrogen (secondary N) is 2. The maximum Gasteiger partial charge on any atom is 0.270 e. The summed E-state index contributed by atoms with van der Waals surface area (Å²) in [6.07, 6.45) is 5.21. The van der Waals surface area contributed by atoms with E-state index in [0.717, 1.165) is 5.69 Å². The van der Waals surface area contributed by atoms with Gasteiger partial charge < -0.3 is 10.6 Å². The van der Waals surface area contributed by atoms with Gasteiger partial charge >= 0.3 is 0 Å². The lowest BCUT2D eigenvalue weighted by Crippen LogP contribution is -2.36. The minimum Gasteiger partial charge on any atom is -0.387 e. The molecule has 0 aromatic carbocycles. The molecule has 2 N–H and O–H groups in total. The fourth-order valence-corrected chi connectivity index (χ4v) is 1.71. The van der Waals surface area contributed by atoms with Gasteiger partial charge in [-0.2, -0.15) is 5.10 Å². The summed E-state index contributed by atoms with van der Waals surface area (Å²) in [6.45, 7) is 2.56. The van der Waals surface area contributed by atoms with Gasteiger partial charge in [-0.25, -0.2) is 4.98 Å². The molecule has 0 aliphatic rings. The van der Waals surface area contributed by atoms with Gasteiger partial charge in [0, 0.05) is 25.5 Å². The Hall–Kier alpha value is -2.37. The molecule has 1 unspecified atom stereocenters. The molecule has 0 saturated heterocycles. The monoisotopic (exact) mass is 259 g/mol. The fraction of sp³-hybridized carbons (Fsp3) is 0.308. The quantitative estimate of drug-likeness (QED) is 0.844. The SMILES string of the molecule is CNc1ccc(C(=O)NC(C)Cn2cccn2)nc1. The molecule has 0 aliphatic carbocycles. The first-order chi connectivity index (χ1) is 9.19. The predicted octanol–water partition coefficient (Wildman–Crippen LogP) is 1.14. The van der Waals surface area contributed by atoms with Crippen molar-refractivity contribution in [2.24, 2.45) is 0 Å². The highest BCUT2D eigenvalue weighted by Gasteiger charge is 2.11. The van der Waals surface area contributed by atoms with E-state index < -0.39 is 0 Å². The third kappa shape index (κ3) is 3.54. The van der Waals surface area contributed by atoms with Crippen LogP contribution in [0, 0.1) is 0 Å². The van der Waals surface area contributed by atoms with E-state index in [1.807, 2.05) is 32.3 Å². The average molecular weight is 259 g/mol. The minimum atomic E-state index is -0.178. The second kappa shape index (κ2) is 5.99. The molecule has 0 spiro atoms.